The van der Waals surface area contributed by atoms with Crippen molar-refractivity contribution in [3.8, 4) is 53.3 Å². The van der Waals surface area contributed by atoms with Crippen LogP contribution in [-0.4, -0.2) is 6.36 Å². The molecule has 0 fully saturated rings. The Morgan fingerprint density at radius 3 is 1.73 bits per heavy atom. The first-order valence-corrected chi connectivity index (χ1v) is 11.9. The molecule has 13 heteroatoms. The van der Waals surface area contributed by atoms with Crippen LogP contribution in [0.4, 0.5) is 26.3 Å². The molecule has 2 aliphatic rings. The lowest BCUT2D eigenvalue weighted by molar-refractivity contribution is -0.276. The summed E-state index contributed by atoms with van der Waals surface area (Å²) in [5.74, 6) is -8.82. The zero-order chi connectivity index (χ0) is 32.1. The largest absolute Gasteiger partial charge is 0.573 e. The molecule has 0 saturated heterocycles. The highest BCUT2D eigenvalue weighted by Gasteiger charge is 2.43. The van der Waals surface area contributed by atoms with E-state index in [9.17, 15) is 49.1 Å². The van der Waals surface area contributed by atoms with Crippen LogP contribution in [0.1, 0.15) is 33.4 Å². The maximum Gasteiger partial charge on any atom is 0.573 e. The molecule has 0 atom stereocenters. The minimum Gasteiger partial charge on any atom is -0.399 e. The minimum atomic E-state index is -5.67. The SMILES string of the molecule is N#CC(C#N)=C1c2cc(C#N)ccc2-c2ccc(C3=C(C#N)c4c(F)c(F)c(OC(F)(F)F)c(F)c4C3=C(C#N)C#N)cc21. The maximum atomic E-state index is 15.6. The van der Waals surface area contributed by atoms with Crippen molar-refractivity contribution >= 4 is 22.3 Å². The van der Waals surface area contributed by atoms with Crippen LogP contribution < -0.4 is 4.74 Å². The lowest BCUT2D eigenvalue weighted by atomic mass is 9.89. The third kappa shape index (κ3) is 4.10. The smallest absolute Gasteiger partial charge is 0.399 e. The molecular formula is C31H6F6N6O. The maximum absolute atomic E-state index is 15.6. The molecule has 0 saturated carbocycles. The van der Waals surface area contributed by atoms with Crippen molar-refractivity contribution in [1.82, 2.24) is 0 Å². The molecule has 0 aromatic heterocycles. The molecule has 3 aromatic carbocycles. The van der Waals surface area contributed by atoms with Crippen LogP contribution in [-0.2, 0) is 0 Å². The topological polar surface area (TPSA) is 152 Å². The molecule has 5 rings (SSSR count). The lowest BCUT2D eigenvalue weighted by Gasteiger charge is -2.15. The summed E-state index contributed by atoms with van der Waals surface area (Å²) in [4.78, 5) is 0. The Bertz CT molecular complexity index is 2200. The number of hydrogen-bond donors (Lipinski definition) is 0. The van der Waals surface area contributed by atoms with Crippen LogP contribution in [0.5, 0.6) is 5.75 Å². The summed E-state index contributed by atoms with van der Waals surface area (Å²) in [6.07, 6.45) is -5.67. The van der Waals surface area contributed by atoms with Gasteiger partial charge in [0.05, 0.1) is 17.2 Å². The van der Waals surface area contributed by atoms with E-state index in [4.69, 9.17) is 0 Å². The van der Waals surface area contributed by atoms with Crippen molar-refractivity contribution in [3.05, 3.63) is 98.4 Å². The summed E-state index contributed by atoms with van der Waals surface area (Å²) in [5.41, 5.74) is -4.27. The van der Waals surface area contributed by atoms with Gasteiger partial charge in [-0.3, -0.25) is 0 Å². The molecule has 3 aromatic rings. The van der Waals surface area contributed by atoms with Crippen LogP contribution in [0.2, 0.25) is 0 Å². The number of benzene rings is 3. The lowest BCUT2D eigenvalue weighted by Crippen LogP contribution is -2.20. The highest BCUT2D eigenvalue weighted by molar-refractivity contribution is 6.26. The van der Waals surface area contributed by atoms with E-state index in [0.29, 0.717) is 16.7 Å². The molecular weight excluding hydrogens is 586 g/mol. The fourth-order valence-corrected chi connectivity index (χ4v) is 5.22. The van der Waals surface area contributed by atoms with Crippen LogP contribution in [0.3, 0.4) is 0 Å². The number of hydrogen-bond acceptors (Lipinski definition) is 7. The Kier molecular flexibility index (Phi) is 6.68. The van der Waals surface area contributed by atoms with Crippen molar-refractivity contribution in [1.29, 1.82) is 31.6 Å². The molecule has 44 heavy (non-hydrogen) atoms. The Morgan fingerprint density at radius 1 is 0.614 bits per heavy atom. The standard InChI is InChI=1S/C31H6F6N6O/c32-27-25-21(12-43)23(24(16(10-41)11-42)26(25)28(33)30(29(27)34)44-31(35,36)37)14-2-4-18-17-3-1-13(7-38)5-19(17)22(20(18)6-14)15(8-39)9-40/h1-6H. The van der Waals surface area contributed by atoms with Crippen LogP contribution in [0, 0.1) is 85.4 Å². The number of allylic oxidation sites excluding steroid dienone is 5. The second kappa shape index (κ2) is 10.2. The Hall–Kier alpha value is -6.80. The van der Waals surface area contributed by atoms with E-state index in [1.807, 2.05) is 6.07 Å². The minimum absolute atomic E-state index is 0.0594. The average Bonchev–Trinajstić information content (AvgIpc) is 3.52. The molecule has 0 radical (unpaired) electrons. The fraction of sp³-hybridized carbons (Fsp3) is 0.0323. The first-order chi connectivity index (χ1) is 21.0. The molecule has 0 bridgehead atoms. The summed E-state index contributed by atoms with van der Waals surface area (Å²) in [5, 5.41) is 58.1. The monoisotopic (exact) mass is 592 g/mol. The first kappa shape index (κ1) is 28.7. The second-order valence-corrected chi connectivity index (χ2v) is 9.01. The van der Waals surface area contributed by atoms with Gasteiger partial charge < -0.3 is 4.74 Å². The summed E-state index contributed by atoms with van der Waals surface area (Å²) in [6.45, 7) is 0. The van der Waals surface area contributed by atoms with E-state index in [1.54, 1.807) is 24.3 Å². The van der Waals surface area contributed by atoms with E-state index >= 15 is 8.78 Å². The summed E-state index contributed by atoms with van der Waals surface area (Å²) >= 11 is 0. The molecule has 0 spiro atoms. The molecule has 0 N–H and O–H groups in total. The van der Waals surface area contributed by atoms with E-state index in [1.165, 1.54) is 42.5 Å². The Labute approximate surface area is 243 Å². The zero-order valence-corrected chi connectivity index (χ0v) is 21.3. The van der Waals surface area contributed by atoms with Gasteiger partial charge in [0.25, 0.3) is 0 Å². The van der Waals surface area contributed by atoms with Crippen LogP contribution in [0.15, 0.2) is 47.5 Å². The van der Waals surface area contributed by atoms with Gasteiger partial charge in [-0.2, -0.15) is 36.0 Å². The average molecular weight is 592 g/mol. The molecule has 208 valence electrons. The van der Waals surface area contributed by atoms with Crippen molar-refractivity contribution in [2.45, 2.75) is 6.36 Å². The highest BCUT2D eigenvalue weighted by atomic mass is 19.4. The van der Waals surface area contributed by atoms with Gasteiger partial charge in [0.15, 0.2) is 11.6 Å². The van der Waals surface area contributed by atoms with Crippen molar-refractivity contribution in [3.63, 3.8) is 0 Å². The molecule has 0 heterocycles. The first-order valence-electron chi connectivity index (χ1n) is 11.9. The number of rotatable bonds is 2. The summed E-state index contributed by atoms with van der Waals surface area (Å²) in [6, 6.07) is 18.4. The van der Waals surface area contributed by atoms with E-state index < -0.39 is 63.0 Å². The molecule has 0 aliphatic heterocycles. The van der Waals surface area contributed by atoms with Gasteiger partial charge in [0.1, 0.15) is 41.5 Å². The van der Waals surface area contributed by atoms with Crippen molar-refractivity contribution in [2.75, 3.05) is 0 Å². The van der Waals surface area contributed by atoms with Gasteiger partial charge in [-0.05, 0) is 46.0 Å². The van der Waals surface area contributed by atoms with E-state index in [0.717, 1.165) is 0 Å². The predicted molar refractivity (Wildman–Crippen MR) is 137 cm³/mol. The predicted octanol–water partition coefficient (Wildman–Crippen LogP) is 6.95. The fourth-order valence-electron chi connectivity index (χ4n) is 5.22. The molecule has 2 aliphatic carbocycles. The van der Waals surface area contributed by atoms with Gasteiger partial charge in [-0.15, -0.1) is 13.2 Å². The van der Waals surface area contributed by atoms with Crippen molar-refractivity contribution in [2.24, 2.45) is 0 Å². The van der Waals surface area contributed by atoms with E-state index in [-0.39, 0.29) is 27.8 Å². The number of nitrogens with zero attached hydrogens (tertiary/aromatic N) is 6. The second-order valence-electron chi connectivity index (χ2n) is 9.01. The van der Waals surface area contributed by atoms with Gasteiger partial charge in [0, 0.05) is 27.8 Å². The van der Waals surface area contributed by atoms with Gasteiger partial charge in [0.2, 0.25) is 11.6 Å². The number of ether oxygens (including phenoxy) is 1. The third-order valence-electron chi connectivity index (χ3n) is 6.84. The highest BCUT2D eigenvalue weighted by Crippen LogP contribution is 2.54. The van der Waals surface area contributed by atoms with Gasteiger partial charge in [-0.1, -0.05) is 18.2 Å². The Balaban J connectivity index is 1.89. The normalized spacial score (nSPS) is 12.5. The molecule has 0 amide bonds. The van der Waals surface area contributed by atoms with Crippen molar-refractivity contribution < 1.29 is 31.1 Å². The van der Waals surface area contributed by atoms with Crippen LogP contribution in [0.25, 0.3) is 33.4 Å². The summed E-state index contributed by atoms with van der Waals surface area (Å²) in [7, 11) is 0. The summed E-state index contributed by atoms with van der Waals surface area (Å²) < 4.78 is 88.1. The number of fused-ring (bicyclic) bond motifs is 4. The Morgan fingerprint density at radius 2 is 1.18 bits per heavy atom. The molecule has 0 unspecified atom stereocenters. The number of alkyl halides is 3. The van der Waals surface area contributed by atoms with Crippen LogP contribution >= 0.6 is 0 Å². The molecule has 7 nitrogen and oxygen atoms in total. The van der Waals surface area contributed by atoms with Gasteiger partial charge >= 0.3 is 6.36 Å². The zero-order valence-electron chi connectivity index (χ0n) is 21.3. The quantitative estimate of drug-likeness (QED) is 0.139. The van der Waals surface area contributed by atoms with E-state index in [2.05, 4.69) is 4.74 Å². The number of halogens is 6. The third-order valence-corrected chi connectivity index (χ3v) is 6.84. The van der Waals surface area contributed by atoms with Gasteiger partial charge in [-0.25, -0.2) is 8.78 Å². The number of nitriles is 6.